The SMILES string of the molecule is C[C@H](c1nnc(SCC(=O)c2ccc3c(c2)CCC(=O)N3)n1-c1ccc(F)cc1)N1CCCCC1. The summed E-state index contributed by atoms with van der Waals surface area (Å²) in [5.41, 5.74) is 3.14. The van der Waals surface area contributed by atoms with Crippen LogP contribution in [0, 0.1) is 5.82 Å². The zero-order chi connectivity index (χ0) is 24.4. The predicted octanol–water partition coefficient (Wildman–Crippen LogP) is 4.81. The van der Waals surface area contributed by atoms with Gasteiger partial charge in [0.1, 0.15) is 5.82 Å². The molecule has 5 rings (SSSR count). The van der Waals surface area contributed by atoms with Crippen LogP contribution in [-0.2, 0) is 11.2 Å². The number of rotatable bonds is 7. The molecule has 2 aliphatic rings. The summed E-state index contributed by atoms with van der Waals surface area (Å²) in [5, 5.41) is 12.4. The lowest BCUT2D eigenvalue weighted by molar-refractivity contribution is -0.116. The number of nitrogens with one attached hydrogen (secondary N) is 1. The van der Waals surface area contributed by atoms with Gasteiger partial charge < -0.3 is 5.32 Å². The van der Waals surface area contributed by atoms with Crippen molar-refractivity contribution in [1.82, 2.24) is 19.7 Å². The third-order valence-electron chi connectivity index (χ3n) is 6.71. The van der Waals surface area contributed by atoms with E-state index in [4.69, 9.17) is 0 Å². The van der Waals surface area contributed by atoms with E-state index in [9.17, 15) is 14.0 Å². The van der Waals surface area contributed by atoms with Crippen LogP contribution in [-0.4, -0.2) is 50.2 Å². The highest BCUT2D eigenvalue weighted by atomic mass is 32.2. The second-order valence-corrected chi connectivity index (χ2v) is 10.00. The van der Waals surface area contributed by atoms with Crippen molar-refractivity contribution < 1.29 is 14.0 Å². The number of fused-ring (bicyclic) bond motifs is 1. The molecule has 35 heavy (non-hydrogen) atoms. The number of hydrogen-bond acceptors (Lipinski definition) is 6. The second-order valence-electron chi connectivity index (χ2n) is 9.06. The monoisotopic (exact) mass is 493 g/mol. The number of thioether (sulfide) groups is 1. The Bertz CT molecular complexity index is 1240. The van der Waals surface area contributed by atoms with E-state index < -0.39 is 0 Å². The molecule has 1 amide bonds. The number of halogens is 1. The van der Waals surface area contributed by atoms with Crippen LogP contribution in [0.3, 0.4) is 0 Å². The van der Waals surface area contributed by atoms with Crippen LogP contribution in [0.1, 0.15) is 60.4 Å². The largest absolute Gasteiger partial charge is 0.326 e. The molecule has 0 radical (unpaired) electrons. The number of carbonyl (C=O) groups is 2. The van der Waals surface area contributed by atoms with Crippen molar-refractivity contribution >= 4 is 29.1 Å². The van der Waals surface area contributed by atoms with Gasteiger partial charge in [-0.1, -0.05) is 18.2 Å². The molecule has 3 heterocycles. The summed E-state index contributed by atoms with van der Waals surface area (Å²) in [6.45, 7) is 4.15. The first-order valence-electron chi connectivity index (χ1n) is 12.0. The average Bonchev–Trinajstić information content (AvgIpc) is 3.31. The summed E-state index contributed by atoms with van der Waals surface area (Å²) in [7, 11) is 0. The van der Waals surface area contributed by atoms with Crippen LogP contribution in [0.5, 0.6) is 0 Å². The number of benzene rings is 2. The van der Waals surface area contributed by atoms with Crippen molar-refractivity contribution in [3.63, 3.8) is 0 Å². The summed E-state index contributed by atoms with van der Waals surface area (Å²) in [4.78, 5) is 27.0. The molecule has 0 spiro atoms. The zero-order valence-electron chi connectivity index (χ0n) is 19.7. The fourth-order valence-corrected chi connectivity index (χ4v) is 5.57. The summed E-state index contributed by atoms with van der Waals surface area (Å²) >= 11 is 1.33. The molecule has 1 saturated heterocycles. The van der Waals surface area contributed by atoms with E-state index >= 15 is 0 Å². The molecule has 0 aliphatic carbocycles. The highest BCUT2D eigenvalue weighted by molar-refractivity contribution is 7.99. The van der Waals surface area contributed by atoms with Gasteiger partial charge >= 0.3 is 0 Å². The summed E-state index contributed by atoms with van der Waals surface area (Å²) in [6, 6.07) is 11.8. The van der Waals surface area contributed by atoms with Crippen LogP contribution < -0.4 is 5.32 Å². The van der Waals surface area contributed by atoms with E-state index in [2.05, 4.69) is 27.3 Å². The Morgan fingerprint density at radius 3 is 2.63 bits per heavy atom. The Balaban J connectivity index is 1.38. The fraction of sp³-hybridized carbons (Fsp3) is 0.385. The minimum absolute atomic E-state index is 0.00171. The van der Waals surface area contributed by atoms with Crippen LogP contribution in [0.4, 0.5) is 10.1 Å². The Hall–Kier alpha value is -3.04. The van der Waals surface area contributed by atoms with E-state index in [-0.39, 0.29) is 29.3 Å². The van der Waals surface area contributed by atoms with Gasteiger partial charge in [-0.05, 0) is 87.3 Å². The summed E-state index contributed by atoms with van der Waals surface area (Å²) in [6.07, 6.45) is 4.63. The lowest BCUT2D eigenvalue weighted by Gasteiger charge is -2.31. The first-order valence-corrected chi connectivity index (χ1v) is 13.0. The zero-order valence-corrected chi connectivity index (χ0v) is 20.5. The number of anilines is 1. The normalized spacial score (nSPS) is 17.0. The smallest absolute Gasteiger partial charge is 0.224 e. The first-order chi connectivity index (χ1) is 17.0. The van der Waals surface area contributed by atoms with Crippen molar-refractivity contribution in [1.29, 1.82) is 0 Å². The number of amides is 1. The van der Waals surface area contributed by atoms with Crippen LogP contribution in [0.25, 0.3) is 5.69 Å². The highest BCUT2D eigenvalue weighted by Gasteiger charge is 2.26. The standard InChI is InChI=1S/C26H28FN5O2S/c1-17(31-13-3-2-4-14-31)25-29-30-26(32(25)21-9-7-20(27)8-10-21)35-16-23(33)19-5-11-22-18(15-19)6-12-24(34)28-22/h5,7-11,15,17H,2-4,6,12-14,16H2,1H3,(H,28,34)/t17-/m1/s1. The molecule has 1 atom stereocenters. The van der Waals surface area contributed by atoms with Crippen molar-refractivity contribution in [3.05, 3.63) is 65.2 Å². The first kappa shape index (κ1) is 23.7. The third kappa shape index (κ3) is 5.16. The number of likely N-dealkylation sites (tertiary alicyclic amines) is 1. The Labute approximate surface area is 208 Å². The van der Waals surface area contributed by atoms with Crippen LogP contribution in [0.15, 0.2) is 47.6 Å². The van der Waals surface area contributed by atoms with Crippen molar-refractivity contribution in [3.8, 4) is 5.69 Å². The maximum absolute atomic E-state index is 13.6. The molecule has 7 nitrogen and oxygen atoms in total. The van der Waals surface area contributed by atoms with Crippen LogP contribution in [0.2, 0.25) is 0 Å². The van der Waals surface area contributed by atoms with Gasteiger partial charge in [0.2, 0.25) is 5.91 Å². The van der Waals surface area contributed by atoms with E-state index in [1.165, 1.54) is 30.3 Å². The third-order valence-corrected chi connectivity index (χ3v) is 7.64. The number of nitrogens with zero attached hydrogens (tertiary/aromatic N) is 4. The molecular formula is C26H28FN5O2S. The van der Waals surface area contributed by atoms with Gasteiger partial charge in [0.25, 0.3) is 0 Å². The molecule has 0 bridgehead atoms. The van der Waals surface area contributed by atoms with Gasteiger partial charge in [0, 0.05) is 23.4 Å². The minimum Gasteiger partial charge on any atom is -0.326 e. The molecule has 2 aromatic carbocycles. The number of aromatic nitrogens is 3. The van der Waals surface area contributed by atoms with E-state index in [1.54, 1.807) is 24.3 Å². The van der Waals surface area contributed by atoms with Crippen molar-refractivity contribution in [2.75, 3.05) is 24.2 Å². The summed E-state index contributed by atoms with van der Waals surface area (Å²) in [5.74, 6) is 0.664. The molecule has 1 aromatic heterocycles. The van der Waals surface area contributed by atoms with E-state index in [1.807, 2.05) is 10.6 Å². The molecule has 1 fully saturated rings. The van der Waals surface area contributed by atoms with E-state index in [0.717, 1.165) is 48.7 Å². The summed E-state index contributed by atoms with van der Waals surface area (Å²) < 4.78 is 15.6. The van der Waals surface area contributed by atoms with Gasteiger partial charge in [-0.25, -0.2) is 4.39 Å². The quantitative estimate of drug-likeness (QED) is 0.376. The minimum atomic E-state index is -0.305. The van der Waals surface area contributed by atoms with Crippen molar-refractivity contribution in [2.24, 2.45) is 0 Å². The molecule has 9 heteroatoms. The maximum Gasteiger partial charge on any atom is 0.224 e. The predicted molar refractivity (Wildman–Crippen MR) is 134 cm³/mol. The van der Waals surface area contributed by atoms with Gasteiger partial charge in [-0.2, -0.15) is 0 Å². The topological polar surface area (TPSA) is 80.1 Å². The number of piperidine rings is 1. The molecule has 0 unspecified atom stereocenters. The second kappa shape index (κ2) is 10.3. The Morgan fingerprint density at radius 1 is 1.09 bits per heavy atom. The van der Waals surface area contributed by atoms with Gasteiger partial charge in [-0.3, -0.25) is 19.1 Å². The maximum atomic E-state index is 13.6. The van der Waals surface area contributed by atoms with Gasteiger partial charge in [0.15, 0.2) is 16.8 Å². The van der Waals surface area contributed by atoms with Crippen LogP contribution >= 0.6 is 11.8 Å². The van der Waals surface area contributed by atoms with E-state index in [0.29, 0.717) is 23.6 Å². The number of Topliss-reactive ketones (excluding diaryl/α,β-unsaturated/α-hetero) is 1. The number of ketones is 1. The molecule has 0 saturated carbocycles. The number of carbonyl (C=O) groups excluding carboxylic acids is 2. The highest BCUT2D eigenvalue weighted by Crippen LogP contribution is 2.30. The van der Waals surface area contributed by atoms with Gasteiger partial charge in [-0.15, -0.1) is 10.2 Å². The van der Waals surface area contributed by atoms with Crippen molar-refractivity contribution in [2.45, 2.75) is 50.2 Å². The molecular weight excluding hydrogens is 465 g/mol. The number of hydrogen-bond donors (Lipinski definition) is 1. The van der Waals surface area contributed by atoms with Gasteiger partial charge in [0.05, 0.1) is 11.8 Å². The molecule has 182 valence electrons. The Morgan fingerprint density at radius 2 is 1.86 bits per heavy atom. The lowest BCUT2D eigenvalue weighted by atomic mass is 9.99. The Kier molecular flexibility index (Phi) is 6.97. The molecule has 1 N–H and O–H groups in total. The number of aryl methyl sites for hydroxylation is 1. The molecule has 3 aromatic rings. The molecule has 2 aliphatic heterocycles. The fourth-order valence-electron chi connectivity index (χ4n) is 4.72. The average molecular weight is 494 g/mol. The lowest BCUT2D eigenvalue weighted by Crippen LogP contribution is -2.33.